The van der Waals surface area contributed by atoms with E-state index < -0.39 is 5.97 Å². The number of benzene rings is 2. The van der Waals surface area contributed by atoms with E-state index in [-0.39, 0.29) is 24.7 Å². The monoisotopic (exact) mass is 366 g/mol. The molecule has 0 aliphatic carbocycles. The highest BCUT2D eigenvalue weighted by Gasteiger charge is 2.24. The van der Waals surface area contributed by atoms with Gasteiger partial charge in [-0.15, -0.1) is 0 Å². The summed E-state index contributed by atoms with van der Waals surface area (Å²) in [6.07, 6.45) is 2.22. The van der Waals surface area contributed by atoms with Crippen molar-refractivity contribution in [2.24, 2.45) is 0 Å². The smallest absolute Gasteiger partial charge is 0.303 e. The summed E-state index contributed by atoms with van der Waals surface area (Å²) in [6.45, 7) is 0.674. The molecule has 1 aliphatic rings. The number of amides is 2. The molecule has 2 aromatic rings. The first-order valence-electron chi connectivity index (χ1n) is 9.06. The van der Waals surface area contributed by atoms with Gasteiger partial charge < -0.3 is 15.3 Å². The zero-order chi connectivity index (χ0) is 19.2. The average Bonchev–Trinajstić information content (AvgIpc) is 3.09. The highest BCUT2D eigenvalue weighted by molar-refractivity contribution is 6.07. The Bertz CT molecular complexity index is 846. The van der Waals surface area contributed by atoms with Crippen molar-refractivity contribution >= 4 is 29.2 Å². The van der Waals surface area contributed by atoms with Crippen molar-refractivity contribution in [2.75, 3.05) is 16.8 Å². The third kappa shape index (κ3) is 4.73. The fraction of sp³-hybridized carbons (Fsp3) is 0.286. The summed E-state index contributed by atoms with van der Waals surface area (Å²) in [5.41, 5.74) is 3.33. The van der Waals surface area contributed by atoms with Crippen LogP contribution in [0.3, 0.4) is 0 Å². The van der Waals surface area contributed by atoms with Crippen molar-refractivity contribution in [3.8, 4) is 0 Å². The van der Waals surface area contributed by atoms with Crippen molar-refractivity contribution in [1.82, 2.24) is 0 Å². The predicted octanol–water partition coefficient (Wildman–Crippen LogP) is 3.47. The number of nitrogens with one attached hydrogen (secondary N) is 1. The van der Waals surface area contributed by atoms with Gasteiger partial charge >= 0.3 is 5.97 Å². The van der Waals surface area contributed by atoms with E-state index in [0.717, 1.165) is 12.1 Å². The second-order valence-corrected chi connectivity index (χ2v) is 6.56. The summed E-state index contributed by atoms with van der Waals surface area (Å²) in [5.74, 6) is -1.06. The maximum atomic E-state index is 12.8. The lowest BCUT2D eigenvalue weighted by Gasteiger charge is -2.17. The minimum absolute atomic E-state index is 0.0495. The maximum Gasteiger partial charge on any atom is 0.303 e. The molecule has 0 aromatic heterocycles. The lowest BCUT2D eigenvalue weighted by Crippen LogP contribution is -2.28. The van der Waals surface area contributed by atoms with Gasteiger partial charge in [0.1, 0.15) is 0 Å². The normalized spacial score (nSPS) is 12.5. The third-order valence-electron chi connectivity index (χ3n) is 4.59. The maximum absolute atomic E-state index is 12.8. The number of anilines is 2. The van der Waals surface area contributed by atoms with E-state index in [1.807, 2.05) is 24.3 Å². The number of carbonyl (C=O) groups is 3. The van der Waals surface area contributed by atoms with E-state index in [0.29, 0.717) is 30.6 Å². The van der Waals surface area contributed by atoms with Gasteiger partial charge in [-0.3, -0.25) is 14.4 Å². The van der Waals surface area contributed by atoms with Crippen LogP contribution in [-0.4, -0.2) is 29.4 Å². The molecular formula is C21H22N2O4. The summed E-state index contributed by atoms with van der Waals surface area (Å²) >= 11 is 0. The van der Waals surface area contributed by atoms with Crippen molar-refractivity contribution in [2.45, 2.75) is 32.1 Å². The molecule has 2 aromatic carbocycles. The number of rotatable bonds is 7. The zero-order valence-electron chi connectivity index (χ0n) is 15.0. The van der Waals surface area contributed by atoms with Crippen LogP contribution in [0.25, 0.3) is 0 Å². The van der Waals surface area contributed by atoms with Crippen molar-refractivity contribution in [1.29, 1.82) is 0 Å². The predicted molar refractivity (Wildman–Crippen MR) is 103 cm³/mol. The van der Waals surface area contributed by atoms with Gasteiger partial charge in [0.2, 0.25) is 5.91 Å². The summed E-state index contributed by atoms with van der Waals surface area (Å²) in [5, 5.41) is 11.4. The number of para-hydroxylation sites is 1. The van der Waals surface area contributed by atoms with Gasteiger partial charge in [-0.1, -0.05) is 18.2 Å². The van der Waals surface area contributed by atoms with Crippen LogP contribution in [-0.2, 0) is 16.0 Å². The Kier molecular flexibility index (Phi) is 5.86. The molecule has 1 aliphatic heterocycles. The summed E-state index contributed by atoms with van der Waals surface area (Å²) in [4.78, 5) is 36.9. The molecule has 140 valence electrons. The number of carbonyl (C=O) groups excluding carboxylic acids is 2. The fourth-order valence-corrected chi connectivity index (χ4v) is 3.19. The number of nitrogens with zero attached hydrogens (tertiary/aromatic N) is 1. The molecule has 6 nitrogen and oxygen atoms in total. The second-order valence-electron chi connectivity index (χ2n) is 6.56. The van der Waals surface area contributed by atoms with Gasteiger partial charge in [0.15, 0.2) is 0 Å². The molecule has 0 atom stereocenters. The molecule has 0 unspecified atom stereocenters. The molecule has 0 bridgehead atoms. The third-order valence-corrected chi connectivity index (χ3v) is 4.59. The molecular weight excluding hydrogens is 344 g/mol. The largest absolute Gasteiger partial charge is 0.481 e. The molecule has 0 fully saturated rings. The van der Waals surface area contributed by atoms with Gasteiger partial charge in [-0.2, -0.15) is 0 Å². The lowest BCUT2D eigenvalue weighted by molar-refractivity contribution is -0.137. The molecule has 0 saturated carbocycles. The summed E-state index contributed by atoms with van der Waals surface area (Å²) in [7, 11) is 0. The Balaban J connectivity index is 1.55. The van der Waals surface area contributed by atoms with Crippen molar-refractivity contribution in [3.05, 3.63) is 59.7 Å². The Labute approximate surface area is 157 Å². The van der Waals surface area contributed by atoms with E-state index in [9.17, 15) is 14.4 Å². The molecule has 6 heteroatoms. The Morgan fingerprint density at radius 3 is 2.41 bits per heavy atom. The van der Waals surface area contributed by atoms with Crippen LogP contribution in [0.15, 0.2) is 48.5 Å². The van der Waals surface area contributed by atoms with Crippen LogP contribution in [0, 0.1) is 0 Å². The van der Waals surface area contributed by atoms with Crippen LogP contribution in [0.1, 0.15) is 41.6 Å². The van der Waals surface area contributed by atoms with Crippen LogP contribution in [0.5, 0.6) is 0 Å². The Morgan fingerprint density at radius 1 is 0.963 bits per heavy atom. The first-order chi connectivity index (χ1) is 13.0. The first kappa shape index (κ1) is 18.6. The Hall–Kier alpha value is -3.15. The number of carboxylic acid groups (broad SMARTS) is 1. The Morgan fingerprint density at radius 2 is 1.67 bits per heavy atom. The number of fused-ring (bicyclic) bond motifs is 1. The van der Waals surface area contributed by atoms with Crippen LogP contribution >= 0.6 is 0 Å². The molecule has 0 radical (unpaired) electrons. The van der Waals surface area contributed by atoms with E-state index in [1.54, 1.807) is 29.2 Å². The number of unbranched alkanes of at least 4 members (excludes halogenated alkanes) is 1. The molecule has 2 N–H and O–H groups in total. The second kappa shape index (κ2) is 8.49. The molecule has 1 heterocycles. The topological polar surface area (TPSA) is 86.7 Å². The van der Waals surface area contributed by atoms with Gasteiger partial charge in [0.25, 0.3) is 5.91 Å². The number of aliphatic carboxylic acids is 1. The number of hydrogen-bond donors (Lipinski definition) is 2. The van der Waals surface area contributed by atoms with E-state index in [4.69, 9.17) is 5.11 Å². The highest BCUT2D eigenvalue weighted by Crippen LogP contribution is 2.29. The van der Waals surface area contributed by atoms with E-state index in [1.165, 1.54) is 5.56 Å². The zero-order valence-corrected chi connectivity index (χ0v) is 15.0. The quantitative estimate of drug-likeness (QED) is 0.735. The minimum Gasteiger partial charge on any atom is -0.481 e. The van der Waals surface area contributed by atoms with Crippen molar-refractivity contribution < 1.29 is 19.5 Å². The van der Waals surface area contributed by atoms with Gasteiger partial charge in [0, 0.05) is 36.3 Å². The summed E-state index contributed by atoms with van der Waals surface area (Å²) in [6, 6.07) is 14.8. The van der Waals surface area contributed by atoms with Gasteiger partial charge in [0.05, 0.1) is 0 Å². The number of hydrogen-bond acceptors (Lipinski definition) is 3. The lowest BCUT2D eigenvalue weighted by atomic mass is 10.1. The van der Waals surface area contributed by atoms with Gasteiger partial charge in [-0.25, -0.2) is 0 Å². The van der Waals surface area contributed by atoms with Crippen molar-refractivity contribution in [3.63, 3.8) is 0 Å². The van der Waals surface area contributed by atoms with Crippen LogP contribution in [0.2, 0.25) is 0 Å². The van der Waals surface area contributed by atoms with Crippen LogP contribution in [0.4, 0.5) is 11.4 Å². The van der Waals surface area contributed by atoms with E-state index in [2.05, 4.69) is 5.32 Å². The number of carboxylic acids is 1. The molecule has 27 heavy (non-hydrogen) atoms. The molecule has 0 spiro atoms. The molecule has 3 rings (SSSR count). The highest BCUT2D eigenvalue weighted by atomic mass is 16.4. The molecule has 0 saturated heterocycles. The summed E-state index contributed by atoms with van der Waals surface area (Å²) < 4.78 is 0. The standard InChI is InChI=1S/C21H22N2O4/c24-19(7-3-4-8-20(25)26)22-17-11-9-16(10-12-17)21(27)23-14-13-15-5-1-2-6-18(15)23/h1-2,5-6,9-12H,3-4,7-8,13-14H2,(H,22,24)(H,25,26). The van der Waals surface area contributed by atoms with Gasteiger partial charge in [-0.05, 0) is 55.2 Å². The average molecular weight is 366 g/mol. The first-order valence-corrected chi connectivity index (χ1v) is 9.06. The molecule has 2 amide bonds. The minimum atomic E-state index is -0.851. The van der Waals surface area contributed by atoms with Crippen LogP contribution < -0.4 is 10.2 Å². The SMILES string of the molecule is O=C(O)CCCCC(=O)Nc1ccc(C(=O)N2CCc3ccccc32)cc1. The van der Waals surface area contributed by atoms with E-state index >= 15 is 0 Å². The fourth-order valence-electron chi connectivity index (χ4n) is 3.19.